The van der Waals surface area contributed by atoms with Gasteiger partial charge in [0.2, 0.25) is 0 Å². The van der Waals surface area contributed by atoms with Crippen molar-refractivity contribution >= 4 is 29.9 Å². The number of ether oxygens (including phenoxy) is 1. The van der Waals surface area contributed by atoms with Crippen molar-refractivity contribution in [3.8, 4) is 0 Å². The van der Waals surface area contributed by atoms with E-state index >= 15 is 0 Å². The van der Waals surface area contributed by atoms with Crippen LogP contribution in [0.3, 0.4) is 0 Å². The molecule has 1 aromatic rings. The smallest absolute Gasteiger partial charge is 0.191 e. The highest BCUT2D eigenvalue weighted by atomic mass is 127. The van der Waals surface area contributed by atoms with Crippen molar-refractivity contribution in [3.63, 3.8) is 0 Å². The Morgan fingerprint density at radius 1 is 1.43 bits per heavy atom. The average Bonchev–Trinajstić information content (AvgIpc) is 2.82. The van der Waals surface area contributed by atoms with Crippen LogP contribution in [0.2, 0.25) is 0 Å². The highest BCUT2D eigenvalue weighted by molar-refractivity contribution is 14.0. The Balaban J connectivity index is 0.00000400. The summed E-state index contributed by atoms with van der Waals surface area (Å²) in [6.45, 7) is 7.31. The van der Waals surface area contributed by atoms with Gasteiger partial charge in [0, 0.05) is 33.9 Å². The number of guanidine groups is 1. The monoisotopic (exact) mass is 410 g/mol. The molecule has 0 saturated heterocycles. The van der Waals surface area contributed by atoms with Gasteiger partial charge >= 0.3 is 0 Å². The van der Waals surface area contributed by atoms with Crippen molar-refractivity contribution < 1.29 is 4.74 Å². The highest BCUT2D eigenvalue weighted by Crippen LogP contribution is 1.93. The molecule has 21 heavy (non-hydrogen) atoms. The van der Waals surface area contributed by atoms with Crippen LogP contribution in [0.4, 0.5) is 0 Å². The molecule has 0 spiro atoms. The molecule has 0 saturated carbocycles. The summed E-state index contributed by atoms with van der Waals surface area (Å²) >= 11 is 0. The van der Waals surface area contributed by atoms with E-state index in [0.29, 0.717) is 12.5 Å². The number of rotatable bonds is 8. The van der Waals surface area contributed by atoms with E-state index in [9.17, 15) is 0 Å². The van der Waals surface area contributed by atoms with E-state index in [-0.39, 0.29) is 24.0 Å². The summed E-state index contributed by atoms with van der Waals surface area (Å²) in [5.74, 6) is 2.22. The van der Waals surface area contributed by atoms with Crippen LogP contribution >= 0.6 is 24.0 Å². The summed E-state index contributed by atoms with van der Waals surface area (Å²) in [5, 5.41) is 10.5. The number of aromatic nitrogens is 3. The van der Waals surface area contributed by atoms with Gasteiger partial charge in [-0.15, -0.1) is 24.0 Å². The molecule has 0 aliphatic rings. The van der Waals surface area contributed by atoms with Crippen molar-refractivity contribution in [2.24, 2.45) is 18.0 Å². The number of hydrogen-bond donors (Lipinski definition) is 2. The van der Waals surface area contributed by atoms with Gasteiger partial charge in [0.25, 0.3) is 0 Å². The lowest BCUT2D eigenvalue weighted by atomic mass is 10.2. The van der Waals surface area contributed by atoms with Gasteiger partial charge in [0.15, 0.2) is 5.96 Å². The SMILES string of the molecule is CN=C(NCCCOCC(C)C)NCc1ncnn1C.I. The van der Waals surface area contributed by atoms with E-state index in [2.05, 4.69) is 39.6 Å². The zero-order valence-electron chi connectivity index (χ0n) is 13.3. The topological polar surface area (TPSA) is 76.4 Å². The molecule has 122 valence electrons. The summed E-state index contributed by atoms with van der Waals surface area (Å²) in [6.07, 6.45) is 2.50. The van der Waals surface area contributed by atoms with Crippen LogP contribution in [-0.2, 0) is 18.3 Å². The van der Waals surface area contributed by atoms with E-state index in [1.807, 2.05) is 7.05 Å². The lowest BCUT2D eigenvalue weighted by Crippen LogP contribution is -2.38. The minimum Gasteiger partial charge on any atom is -0.381 e. The molecule has 0 aliphatic heterocycles. The Morgan fingerprint density at radius 3 is 2.76 bits per heavy atom. The lowest BCUT2D eigenvalue weighted by Gasteiger charge is -2.12. The fraction of sp³-hybridized carbons (Fsp3) is 0.769. The number of nitrogens with zero attached hydrogens (tertiary/aromatic N) is 4. The molecule has 0 bridgehead atoms. The van der Waals surface area contributed by atoms with Crippen LogP contribution in [0.1, 0.15) is 26.1 Å². The predicted molar refractivity (Wildman–Crippen MR) is 94.9 cm³/mol. The molecule has 0 radical (unpaired) electrons. The third-order valence-electron chi connectivity index (χ3n) is 2.65. The van der Waals surface area contributed by atoms with Crippen LogP contribution in [0.15, 0.2) is 11.3 Å². The molecule has 7 nitrogen and oxygen atoms in total. The first kappa shape index (κ1) is 20.1. The lowest BCUT2D eigenvalue weighted by molar-refractivity contribution is 0.108. The van der Waals surface area contributed by atoms with Crippen molar-refractivity contribution in [2.75, 3.05) is 26.8 Å². The number of nitrogens with one attached hydrogen (secondary N) is 2. The molecule has 0 aliphatic carbocycles. The summed E-state index contributed by atoms with van der Waals surface area (Å²) in [6, 6.07) is 0. The standard InChI is InChI=1S/C13H26N6O.HI/c1-11(2)9-20-7-5-6-15-13(14-3)16-8-12-17-10-18-19(12)4;/h10-11H,5-9H2,1-4H3,(H2,14,15,16);1H. The van der Waals surface area contributed by atoms with Gasteiger partial charge in [-0.05, 0) is 12.3 Å². The number of halogens is 1. The fourth-order valence-corrected chi connectivity index (χ4v) is 1.56. The average molecular weight is 410 g/mol. The Kier molecular flexibility index (Phi) is 11.2. The van der Waals surface area contributed by atoms with E-state index in [1.165, 1.54) is 0 Å². The number of aliphatic imine (C=N–C) groups is 1. The van der Waals surface area contributed by atoms with Crippen molar-refractivity contribution in [1.29, 1.82) is 0 Å². The summed E-state index contributed by atoms with van der Waals surface area (Å²) in [5.41, 5.74) is 0. The summed E-state index contributed by atoms with van der Waals surface area (Å²) < 4.78 is 7.26. The molecule has 8 heteroatoms. The third-order valence-corrected chi connectivity index (χ3v) is 2.65. The van der Waals surface area contributed by atoms with Crippen LogP contribution in [-0.4, -0.2) is 47.5 Å². The van der Waals surface area contributed by atoms with Gasteiger partial charge in [-0.3, -0.25) is 9.67 Å². The molecule has 0 amide bonds. The second-order valence-electron chi connectivity index (χ2n) is 4.97. The second kappa shape index (κ2) is 11.7. The Labute approximate surface area is 144 Å². The van der Waals surface area contributed by atoms with Crippen LogP contribution in [0, 0.1) is 5.92 Å². The quantitative estimate of drug-likeness (QED) is 0.291. The fourth-order valence-electron chi connectivity index (χ4n) is 1.56. The van der Waals surface area contributed by atoms with E-state index < -0.39 is 0 Å². The van der Waals surface area contributed by atoms with Crippen LogP contribution in [0.25, 0.3) is 0 Å². The maximum Gasteiger partial charge on any atom is 0.191 e. The molecule has 2 N–H and O–H groups in total. The van der Waals surface area contributed by atoms with Crippen molar-refractivity contribution in [1.82, 2.24) is 25.4 Å². The van der Waals surface area contributed by atoms with Gasteiger partial charge < -0.3 is 15.4 Å². The molecule has 1 rings (SSSR count). The van der Waals surface area contributed by atoms with E-state index in [1.54, 1.807) is 18.1 Å². The Hall–Kier alpha value is -0.900. The van der Waals surface area contributed by atoms with Gasteiger partial charge in [-0.2, -0.15) is 5.10 Å². The van der Waals surface area contributed by atoms with Crippen molar-refractivity contribution in [3.05, 3.63) is 12.2 Å². The van der Waals surface area contributed by atoms with Gasteiger partial charge in [-0.1, -0.05) is 13.8 Å². The van der Waals surface area contributed by atoms with Crippen LogP contribution in [0.5, 0.6) is 0 Å². The summed E-state index contributed by atoms with van der Waals surface area (Å²) in [7, 11) is 3.62. The number of aryl methyl sites for hydroxylation is 1. The molecular formula is C13H27IN6O. The largest absolute Gasteiger partial charge is 0.381 e. The Morgan fingerprint density at radius 2 is 2.19 bits per heavy atom. The molecule has 0 atom stereocenters. The first-order chi connectivity index (χ1) is 9.63. The van der Waals surface area contributed by atoms with E-state index in [4.69, 9.17) is 4.74 Å². The molecule has 0 fully saturated rings. The zero-order valence-corrected chi connectivity index (χ0v) is 15.6. The normalized spacial score (nSPS) is 11.4. The summed E-state index contributed by atoms with van der Waals surface area (Å²) in [4.78, 5) is 8.31. The first-order valence-corrected chi connectivity index (χ1v) is 6.98. The van der Waals surface area contributed by atoms with Gasteiger partial charge in [-0.25, -0.2) is 4.98 Å². The molecule has 1 heterocycles. The molecule has 1 aromatic heterocycles. The highest BCUT2D eigenvalue weighted by Gasteiger charge is 2.02. The van der Waals surface area contributed by atoms with Crippen LogP contribution < -0.4 is 10.6 Å². The maximum atomic E-state index is 5.52. The van der Waals surface area contributed by atoms with Gasteiger partial charge in [0.05, 0.1) is 6.54 Å². The van der Waals surface area contributed by atoms with Crippen molar-refractivity contribution in [2.45, 2.75) is 26.8 Å². The predicted octanol–water partition coefficient (Wildman–Crippen LogP) is 1.16. The Bertz CT molecular complexity index is 407. The molecule has 0 unspecified atom stereocenters. The minimum absolute atomic E-state index is 0. The van der Waals surface area contributed by atoms with E-state index in [0.717, 1.165) is 38.0 Å². The minimum atomic E-state index is 0. The molecule has 0 aromatic carbocycles. The second-order valence-corrected chi connectivity index (χ2v) is 4.97. The first-order valence-electron chi connectivity index (χ1n) is 6.98. The van der Waals surface area contributed by atoms with Gasteiger partial charge in [0.1, 0.15) is 12.2 Å². The third kappa shape index (κ3) is 8.86. The maximum absolute atomic E-state index is 5.52. The number of hydrogen-bond acceptors (Lipinski definition) is 4. The molecular weight excluding hydrogens is 383 g/mol. The zero-order chi connectivity index (χ0) is 14.8.